The standard InChI is InChI=1S/C3H4NO5/c1-3(6)9-4(7)8-2-5/h2H,1H3/q+1. The molecule has 50 valence electrons. The maximum Gasteiger partial charge on any atom is 0.494 e. The van der Waals surface area contributed by atoms with E-state index >= 15 is 0 Å². The summed E-state index contributed by atoms with van der Waals surface area (Å²) in [6.45, 7) is 0.842. The monoisotopic (exact) mass is 134 g/mol. The van der Waals surface area contributed by atoms with Crippen LogP contribution in [0.4, 0.5) is 0 Å². The van der Waals surface area contributed by atoms with Crippen molar-refractivity contribution in [3.8, 4) is 0 Å². The zero-order valence-corrected chi connectivity index (χ0v) is 4.57. The van der Waals surface area contributed by atoms with E-state index in [0.717, 1.165) is 6.92 Å². The Morgan fingerprint density at radius 1 is 1.67 bits per heavy atom. The highest BCUT2D eigenvalue weighted by Gasteiger charge is 2.14. The predicted molar refractivity (Wildman–Crippen MR) is 22.5 cm³/mol. The molecule has 0 radical (unpaired) electrons. The molecule has 0 unspecified atom stereocenters. The Hall–Kier alpha value is -1.46. The maximum absolute atomic E-state index is 9.87. The molecule has 0 heterocycles. The molecular weight excluding hydrogens is 130 g/mol. The Labute approximate surface area is 49.8 Å². The van der Waals surface area contributed by atoms with Crippen molar-refractivity contribution in [2.24, 2.45) is 0 Å². The molecule has 0 bridgehead atoms. The van der Waals surface area contributed by atoms with E-state index in [-0.39, 0.29) is 6.47 Å². The Balaban J connectivity index is 3.50. The molecule has 0 fully saturated rings. The molecule has 0 spiro atoms. The van der Waals surface area contributed by atoms with Crippen LogP contribution >= 0.6 is 0 Å². The first-order chi connectivity index (χ1) is 4.16. The molecular formula is C3H4NO5+. The Kier molecular flexibility index (Phi) is 2.96. The SMILES string of the molecule is CC(=O)O[N+](=O)OC=O. The first-order valence-corrected chi connectivity index (χ1v) is 1.93. The average molecular weight is 134 g/mol. The van der Waals surface area contributed by atoms with Gasteiger partial charge in [0.05, 0.1) is 0 Å². The molecule has 6 nitrogen and oxygen atoms in total. The Morgan fingerprint density at radius 2 is 2.22 bits per heavy atom. The van der Waals surface area contributed by atoms with Gasteiger partial charge in [0.1, 0.15) is 4.91 Å². The molecule has 0 saturated carbocycles. The third-order valence-corrected chi connectivity index (χ3v) is 0.332. The van der Waals surface area contributed by atoms with Gasteiger partial charge in [0, 0.05) is 6.92 Å². The molecule has 0 aliphatic heterocycles. The van der Waals surface area contributed by atoms with Crippen LogP contribution in [0.15, 0.2) is 0 Å². The van der Waals surface area contributed by atoms with Crippen molar-refractivity contribution >= 4 is 12.4 Å². The number of rotatable bonds is 3. The number of hydrogen-bond acceptors (Lipinski definition) is 5. The number of nitrogens with zero attached hydrogens (tertiary/aromatic N) is 1. The third kappa shape index (κ3) is 4.39. The van der Waals surface area contributed by atoms with Gasteiger partial charge in [-0.15, -0.1) is 9.68 Å². The largest absolute Gasteiger partial charge is 0.494 e. The van der Waals surface area contributed by atoms with Gasteiger partial charge >= 0.3 is 17.5 Å². The summed E-state index contributed by atoms with van der Waals surface area (Å²) in [6.07, 6.45) is 0. The topological polar surface area (TPSA) is 72.7 Å². The lowest BCUT2D eigenvalue weighted by Crippen LogP contribution is -2.12. The fourth-order valence-electron chi connectivity index (χ4n) is 0.162. The molecule has 0 rings (SSSR count). The van der Waals surface area contributed by atoms with Crippen LogP contribution in [0.5, 0.6) is 0 Å². The van der Waals surface area contributed by atoms with Crippen molar-refractivity contribution in [2.45, 2.75) is 6.92 Å². The smallest absolute Gasteiger partial charge is 0.248 e. The average Bonchev–Trinajstić information content (AvgIpc) is 1.63. The Morgan fingerprint density at radius 3 is 2.56 bits per heavy atom. The molecule has 0 aromatic carbocycles. The lowest BCUT2D eigenvalue weighted by Gasteiger charge is -1.78. The van der Waals surface area contributed by atoms with Crippen molar-refractivity contribution < 1.29 is 24.4 Å². The molecule has 0 N–H and O–H groups in total. The van der Waals surface area contributed by atoms with Crippen LogP contribution in [0.25, 0.3) is 0 Å². The van der Waals surface area contributed by atoms with Gasteiger partial charge in [-0.05, 0) is 0 Å². The van der Waals surface area contributed by atoms with E-state index in [0.29, 0.717) is 0 Å². The van der Waals surface area contributed by atoms with Crippen LogP contribution in [-0.2, 0) is 19.3 Å². The lowest BCUT2D eigenvalue weighted by molar-refractivity contribution is -0.943. The van der Waals surface area contributed by atoms with Crippen LogP contribution in [0.3, 0.4) is 0 Å². The first kappa shape index (κ1) is 7.54. The Bertz CT molecular complexity index is 141. The summed E-state index contributed by atoms with van der Waals surface area (Å²) in [4.78, 5) is 36.3. The molecule has 0 aromatic rings. The van der Waals surface area contributed by atoms with E-state index < -0.39 is 11.1 Å². The summed E-state index contributed by atoms with van der Waals surface area (Å²) < 4.78 is 0. The van der Waals surface area contributed by atoms with Gasteiger partial charge in [-0.3, -0.25) is 0 Å². The minimum Gasteiger partial charge on any atom is -0.248 e. The van der Waals surface area contributed by atoms with Gasteiger partial charge in [-0.2, -0.15) is 0 Å². The molecule has 0 aromatic heterocycles. The highest BCUT2D eigenvalue weighted by Crippen LogP contribution is 1.77. The van der Waals surface area contributed by atoms with E-state index in [2.05, 4.69) is 9.68 Å². The highest BCUT2D eigenvalue weighted by atomic mass is 17.0. The molecule has 0 amide bonds. The van der Waals surface area contributed by atoms with Gasteiger partial charge in [-0.25, -0.2) is 9.59 Å². The van der Waals surface area contributed by atoms with Crippen LogP contribution in [0.1, 0.15) is 6.92 Å². The summed E-state index contributed by atoms with van der Waals surface area (Å²) in [5, 5.41) is -0.588. The normalized spacial score (nSPS) is 7.67. The van der Waals surface area contributed by atoms with Gasteiger partial charge in [0.2, 0.25) is 0 Å². The van der Waals surface area contributed by atoms with E-state index in [1.807, 2.05) is 0 Å². The van der Waals surface area contributed by atoms with Crippen molar-refractivity contribution in [3.05, 3.63) is 4.91 Å². The van der Waals surface area contributed by atoms with E-state index in [9.17, 15) is 14.5 Å². The number of hydrogen-bond donors (Lipinski definition) is 0. The van der Waals surface area contributed by atoms with Crippen molar-refractivity contribution in [1.29, 1.82) is 0 Å². The molecule has 9 heavy (non-hydrogen) atoms. The third-order valence-electron chi connectivity index (χ3n) is 0.332. The first-order valence-electron chi connectivity index (χ1n) is 1.93. The minimum atomic E-state index is -0.855. The van der Waals surface area contributed by atoms with Crippen molar-refractivity contribution in [3.63, 3.8) is 0 Å². The second-order valence-electron chi connectivity index (χ2n) is 1.01. The molecule has 6 heteroatoms. The van der Waals surface area contributed by atoms with Gasteiger partial charge in [0.25, 0.3) is 0 Å². The lowest BCUT2D eigenvalue weighted by atomic mass is 10.8. The number of carbonyl (C=O) groups excluding carboxylic acids is 2. The molecule has 0 saturated heterocycles. The van der Waals surface area contributed by atoms with Crippen LogP contribution in [0, 0.1) is 4.91 Å². The molecule has 0 aliphatic carbocycles. The van der Waals surface area contributed by atoms with Crippen LogP contribution in [-0.4, -0.2) is 17.5 Å². The summed E-state index contributed by atoms with van der Waals surface area (Å²) in [5.41, 5.74) is 0. The number of carbonyl (C=O) groups is 2. The second-order valence-corrected chi connectivity index (χ2v) is 1.01. The summed E-state index contributed by atoms with van der Waals surface area (Å²) >= 11 is 0. The summed E-state index contributed by atoms with van der Waals surface area (Å²) in [6, 6.07) is 0. The summed E-state index contributed by atoms with van der Waals surface area (Å²) in [5.74, 6) is -0.855. The van der Waals surface area contributed by atoms with E-state index in [1.54, 1.807) is 0 Å². The van der Waals surface area contributed by atoms with Crippen LogP contribution in [0.2, 0.25) is 0 Å². The summed E-state index contributed by atoms with van der Waals surface area (Å²) in [7, 11) is 0. The predicted octanol–water partition coefficient (Wildman–Crippen LogP) is -0.669. The van der Waals surface area contributed by atoms with Gasteiger partial charge in [0.15, 0.2) is 0 Å². The van der Waals surface area contributed by atoms with Crippen molar-refractivity contribution in [2.75, 3.05) is 0 Å². The zero-order valence-electron chi connectivity index (χ0n) is 4.57. The van der Waals surface area contributed by atoms with Crippen LogP contribution < -0.4 is 0 Å². The maximum atomic E-state index is 9.87. The van der Waals surface area contributed by atoms with Gasteiger partial charge < -0.3 is 0 Å². The molecule has 0 aliphatic rings. The fourth-order valence-corrected chi connectivity index (χ4v) is 0.162. The fraction of sp³-hybridized carbons (Fsp3) is 0.333. The second kappa shape index (κ2) is 3.53. The molecule has 0 atom stereocenters. The zero-order chi connectivity index (χ0) is 7.28. The quantitative estimate of drug-likeness (QED) is 0.378. The van der Waals surface area contributed by atoms with E-state index in [4.69, 9.17) is 0 Å². The van der Waals surface area contributed by atoms with Crippen molar-refractivity contribution in [1.82, 2.24) is 0 Å². The van der Waals surface area contributed by atoms with E-state index in [1.165, 1.54) is 0 Å². The van der Waals surface area contributed by atoms with Gasteiger partial charge in [-0.1, -0.05) is 0 Å². The highest BCUT2D eigenvalue weighted by molar-refractivity contribution is 5.64. The minimum absolute atomic E-state index is 0.157.